The van der Waals surface area contributed by atoms with Crippen LogP contribution < -0.4 is 0 Å². The van der Waals surface area contributed by atoms with E-state index in [2.05, 4.69) is 20.8 Å². The van der Waals surface area contributed by atoms with Gasteiger partial charge < -0.3 is 14.3 Å². The standard InChI is InChI=1S/C18H35NO4/c1-14(2)8-7-9-15(3)10-11-18(22)23-16(12-17(20)21)13-19(4,5)6/h14-16H,7-13H2,1-6H3/p+1. The van der Waals surface area contributed by atoms with Crippen molar-refractivity contribution in [2.75, 3.05) is 27.7 Å². The predicted octanol–water partition coefficient (Wildman–Crippen LogP) is 3.32. The quantitative estimate of drug-likeness (QED) is 0.440. The third-order valence-electron chi connectivity index (χ3n) is 3.77. The smallest absolute Gasteiger partial charge is 0.307 e. The van der Waals surface area contributed by atoms with Crippen molar-refractivity contribution < 1.29 is 23.9 Å². The Morgan fingerprint density at radius 1 is 1.04 bits per heavy atom. The second-order valence-corrected chi connectivity index (χ2v) is 8.15. The number of quaternary nitrogens is 1. The van der Waals surface area contributed by atoms with E-state index in [1.165, 1.54) is 12.8 Å². The molecule has 0 aliphatic rings. The van der Waals surface area contributed by atoms with E-state index >= 15 is 0 Å². The zero-order valence-electron chi connectivity index (χ0n) is 15.8. The lowest BCUT2D eigenvalue weighted by atomic mass is 9.96. The fourth-order valence-electron chi connectivity index (χ4n) is 2.58. The number of ether oxygens (including phenoxy) is 1. The fraction of sp³-hybridized carbons (Fsp3) is 0.889. The summed E-state index contributed by atoms with van der Waals surface area (Å²) in [7, 11) is 5.87. The summed E-state index contributed by atoms with van der Waals surface area (Å²) in [6.07, 6.45) is 4.03. The van der Waals surface area contributed by atoms with Crippen LogP contribution in [-0.2, 0) is 14.3 Å². The largest absolute Gasteiger partial charge is 0.481 e. The van der Waals surface area contributed by atoms with Crippen LogP contribution in [0.3, 0.4) is 0 Å². The van der Waals surface area contributed by atoms with Gasteiger partial charge in [-0.2, -0.15) is 0 Å². The molecule has 0 spiro atoms. The third kappa shape index (κ3) is 14.2. The van der Waals surface area contributed by atoms with Crippen molar-refractivity contribution in [3.05, 3.63) is 0 Å². The molecule has 0 aromatic heterocycles. The second kappa shape index (κ2) is 10.6. The van der Waals surface area contributed by atoms with Crippen molar-refractivity contribution in [3.63, 3.8) is 0 Å². The Bertz CT molecular complexity index is 361. The van der Waals surface area contributed by atoms with Crippen molar-refractivity contribution in [2.24, 2.45) is 11.8 Å². The molecular weight excluding hydrogens is 294 g/mol. The van der Waals surface area contributed by atoms with Gasteiger partial charge in [0.05, 0.1) is 27.6 Å². The van der Waals surface area contributed by atoms with Gasteiger partial charge in [-0.25, -0.2) is 0 Å². The van der Waals surface area contributed by atoms with Gasteiger partial charge in [-0.05, 0) is 18.3 Å². The lowest BCUT2D eigenvalue weighted by Crippen LogP contribution is -2.43. The average Bonchev–Trinajstić information content (AvgIpc) is 2.32. The molecule has 0 aliphatic carbocycles. The Morgan fingerprint density at radius 2 is 1.65 bits per heavy atom. The highest BCUT2D eigenvalue weighted by molar-refractivity contribution is 5.71. The van der Waals surface area contributed by atoms with Crippen LogP contribution in [0.1, 0.15) is 59.3 Å². The van der Waals surface area contributed by atoms with Crippen LogP contribution in [0.5, 0.6) is 0 Å². The van der Waals surface area contributed by atoms with Gasteiger partial charge in [0.15, 0.2) is 6.10 Å². The molecule has 0 saturated carbocycles. The highest BCUT2D eigenvalue weighted by atomic mass is 16.5. The Hall–Kier alpha value is -1.10. The summed E-state index contributed by atoms with van der Waals surface area (Å²) in [5.74, 6) is 0.01000. The number of likely N-dealkylation sites (N-methyl/N-ethyl adjacent to an activating group) is 1. The molecule has 0 radical (unpaired) electrons. The third-order valence-corrected chi connectivity index (χ3v) is 3.77. The maximum Gasteiger partial charge on any atom is 0.307 e. The van der Waals surface area contributed by atoms with Crippen LogP contribution in [0.15, 0.2) is 0 Å². The molecule has 0 fully saturated rings. The number of nitrogens with zero attached hydrogens (tertiary/aromatic N) is 1. The summed E-state index contributed by atoms with van der Waals surface area (Å²) < 4.78 is 5.96. The highest BCUT2D eigenvalue weighted by Gasteiger charge is 2.24. The normalized spacial score (nSPS) is 14.6. The molecule has 0 heterocycles. The zero-order valence-corrected chi connectivity index (χ0v) is 15.8. The van der Waals surface area contributed by atoms with Gasteiger partial charge >= 0.3 is 11.9 Å². The van der Waals surface area contributed by atoms with Crippen molar-refractivity contribution in [3.8, 4) is 0 Å². The molecule has 0 bridgehead atoms. The van der Waals surface area contributed by atoms with Crippen molar-refractivity contribution in [1.29, 1.82) is 0 Å². The number of carbonyl (C=O) groups is 2. The van der Waals surface area contributed by atoms with Crippen molar-refractivity contribution in [2.45, 2.75) is 65.4 Å². The van der Waals surface area contributed by atoms with E-state index in [-0.39, 0.29) is 12.4 Å². The predicted molar refractivity (Wildman–Crippen MR) is 92.1 cm³/mol. The molecule has 23 heavy (non-hydrogen) atoms. The van der Waals surface area contributed by atoms with E-state index in [4.69, 9.17) is 9.84 Å². The van der Waals surface area contributed by atoms with E-state index in [9.17, 15) is 9.59 Å². The molecule has 5 heteroatoms. The molecule has 0 saturated heterocycles. The SMILES string of the molecule is CC(C)CCCC(C)CCC(=O)OC(CC(=O)O)C[N+](C)(C)C. The van der Waals surface area contributed by atoms with E-state index < -0.39 is 12.1 Å². The van der Waals surface area contributed by atoms with Crippen molar-refractivity contribution in [1.82, 2.24) is 0 Å². The molecule has 2 unspecified atom stereocenters. The molecule has 0 aromatic rings. The summed E-state index contributed by atoms with van der Waals surface area (Å²) in [4.78, 5) is 22.9. The maximum absolute atomic E-state index is 12.0. The topological polar surface area (TPSA) is 63.6 Å². The fourth-order valence-corrected chi connectivity index (χ4v) is 2.58. The molecule has 2 atom stereocenters. The Labute approximate surface area is 141 Å². The lowest BCUT2D eigenvalue weighted by molar-refractivity contribution is -0.873. The summed E-state index contributed by atoms with van der Waals surface area (Å²) in [6, 6.07) is 0. The maximum atomic E-state index is 12.0. The summed E-state index contributed by atoms with van der Waals surface area (Å²) in [5.41, 5.74) is 0. The molecule has 0 aromatic carbocycles. The lowest BCUT2D eigenvalue weighted by Gasteiger charge is -2.28. The number of carboxylic acid groups (broad SMARTS) is 1. The first kappa shape index (κ1) is 21.9. The first-order valence-corrected chi connectivity index (χ1v) is 8.71. The Morgan fingerprint density at radius 3 is 2.13 bits per heavy atom. The van der Waals surface area contributed by atoms with Crippen LogP contribution in [0, 0.1) is 11.8 Å². The van der Waals surface area contributed by atoms with Crippen LogP contribution in [0.25, 0.3) is 0 Å². The minimum atomic E-state index is -0.932. The van der Waals surface area contributed by atoms with E-state index in [0.29, 0.717) is 23.4 Å². The van der Waals surface area contributed by atoms with E-state index in [0.717, 1.165) is 18.8 Å². The van der Waals surface area contributed by atoms with Gasteiger partial charge in [0.2, 0.25) is 0 Å². The molecule has 0 amide bonds. The first-order chi connectivity index (χ1) is 10.5. The molecule has 136 valence electrons. The van der Waals surface area contributed by atoms with Gasteiger partial charge in [-0.15, -0.1) is 0 Å². The summed E-state index contributed by atoms with van der Waals surface area (Å²) in [5, 5.41) is 8.96. The number of hydrogen-bond acceptors (Lipinski definition) is 3. The Balaban J connectivity index is 4.18. The zero-order chi connectivity index (χ0) is 18.0. The summed E-state index contributed by atoms with van der Waals surface area (Å²) in [6.45, 7) is 7.10. The van der Waals surface area contributed by atoms with Crippen molar-refractivity contribution >= 4 is 11.9 Å². The van der Waals surface area contributed by atoms with Gasteiger partial charge in [-0.3, -0.25) is 9.59 Å². The molecular formula is C18H36NO4+. The first-order valence-electron chi connectivity index (χ1n) is 8.71. The van der Waals surface area contributed by atoms with E-state index in [1.807, 2.05) is 21.1 Å². The number of esters is 1. The minimum Gasteiger partial charge on any atom is -0.481 e. The molecule has 0 rings (SSSR count). The number of aliphatic carboxylic acids is 1. The molecule has 1 N–H and O–H groups in total. The van der Waals surface area contributed by atoms with Gasteiger partial charge in [0.1, 0.15) is 6.54 Å². The number of hydrogen-bond donors (Lipinski definition) is 1. The van der Waals surface area contributed by atoms with Crippen LogP contribution >= 0.6 is 0 Å². The minimum absolute atomic E-state index is 0.134. The van der Waals surface area contributed by atoms with Crippen LogP contribution in [0.2, 0.25) is 0 Å². The Kier molecular flexibility index (Phi) is 10.1. The average molecular weight is 330 g/mol. The second-order valence-electron chi connectivity index (χ2n) is 8.15. The van der Waals surface area contributed by atoms with Crippen LogP contribution in [-0.4, -0.2) is 55.3 Å². The number of rotatable bonds is 12. The highest BCUT2D eigenvalue weighted by Crippen LogP contribution is 2.17. The van der Waals surface area contributed by atoms with Gasteiger partial charge in [0, 0.05) is 6.42 Å². The van der Waals surface area contributed by atoms with E-state index in [1.54, 1.807) is 0 Å². The van der Waals surface area contributed by atoms with Gasteiger partial charge in [-0.1, -0.05) is 40.0 Å². The molecule has 5 nitrogen and oxygen atoms in total. The number of carbonyl (C=O) groups excluding carboxylic acids is 1. The monoisotopic (exact) mass is 330 g/mol. The van der Waals surface area contributed by atoms with Crippen LogP contribution in [0.4, 0.5) is 0 Å². The number of carboxylic acids is 1. The summed E-state index contributed by atoms with van der Waals surface area (Å²) >= 11 is 0. The molecule has 0 aliphatic heterocycles. The van der Waals surface area contributed by atoms with Gasteiger partial charge in [0.25, 0.3) is 0 Å².